The minimum atomic E-state index is 0.758. The molecular formula is C21H30N4O. The largest absolute Gasteiger partial charge is 0.377 e. The van der Waals surface area contributed by atoms with Crippen LogP contribution in [0, 0.1) is 6.92 Å². The third-order valence-electron chi connectivity index (χ3n) is 4.71. The van der Waals surface area contributed by atoms with Gasteiger partial charge in [-0.1, -0.05) is 23.8 Å². The number of nitrogens with zero attached hydrogens (tertiary/aromatic N) is 1. The molecule has 5 nitrogen and oxygen atoms in total. The van der Waals surface area contributed by atoms with E-state index < -0.39 is 0 Å². The van der Waals surface area contributed by atoms with Crippen molar-refractivity contribution in [2.75, 3.05) is 32.8 Å². The second kappa shape index (κ2) is 9.43. The van der Waals surface area contributed by atoms with E-state index in [4.69, 9.17) is 9.73 Å². The number of H-pyrrole nitrogens is 1. The summed E-state index contributed by atoms with van der Waals surface area (Å²) in [5.41, 5.74) is 5.29. The van der Waals surface area contributed by atoms with Gasteiger partial charge in [-0.2, -0.15) is 0 Å². The second-order valence-corrected chi connectivity index (χ2v) is 6.74. The summed E-state index contributed by atoms with van der Waals surface area (Å²) in [6.45, 7) is 8.37. The Hall–Kier alpha value is -2.27. The van der Waals surface area contributed by atoms with Gasteiger partial charge in [-0.15, -0.1) is 0 Å². The van der Waals surface area contributed by atoms with Crippen molar-refractivity contribution in [2.45, 2.75) is 33.1 Å². The zero-order chi connectivity index (χ0) is 18.2. The molecule has 1 aliphatic heterocycles. The highest BCUT2D eigenvalue weighted by molar-refractivity contribution is 5.84. The normalized spacial score (nSPS) is 15.2. The van der Waals surface area contributed by atoms with Crippen LogP contribution >= 0.6 is 0 Å². The fourth-order valence-electron chi connectivity index (χ4n) is 3.27. The van der Waals surface area contributed by atoms with Crippen LogP contribution in [-0.2, 0) is 11.2 Å². The molecule has 3 rings (SSSR count). The molecular weight excluding hydrogens is 324 g/mol. The van der Waals surface area contributed by atoms with Gasteiger partial charge in [-0.3, -0.25) is 4.99 Å². The molecule has 2 heterocycles. The van der Waals surface area contributed by atoms with Crippen LogP contribution < -0.4 is 10.6 Å². The first-order valence-corrected chi connectivity index (χ1v) is 9.60. The maximum Gasteiger partial charge on any atom is 0.191 e. The van der Waals surface area contributed by atoms with Gasteiger partial charge in [-0.25, -0.2) is 0 Å². The molecule has 0 amide bonds. The molecule has 2 aromatic rings. The van der Waals surface area contributed by atoms with E-state index in [1.54, 1.807) is 0 Å². The molecule has 1 aliphatic rings. The van der Waals surface area contributed by atoms with Gasteiger partial charge in [0.25, 0.3) is 0 Å². The summed E-state index contributed by atoms with van der Waals surface area (Å²) in [5.74, 6) is 0.899. The average molecular weight is 354 g/mol. The Bertz CT molecular complexity index is 775. The first-order chi connectivity index (χ1) is 12.8. The van der Waals surface area contributed by atoms with Gasteiger partial charge in [0.2, 0.25) is 0 Å². The summed E-state index contributed by atoms with van der Waals surface area (Å²) < 4.78 is 5.36. The summed E-state index contributed by atoms with van der Waals surface area (Å²) in [4.78, 5) is 8.10. The zero-order valence-corrected chi connectivity index (χ0v) is 15.9. The van der Waals surface area contributed by atoms with Crippen molar-refractivity contribution in [3.05, 3.63) is 47.2 Å². The lowest BCUT2D eigenvalue weighted by Crippen LogP contribution is -2.38. The third kappa shape index (κ3) is 5.11. The van der Waals surface area contributed by atoms with Crippen molar-refractivity contribution in [3.63, 3.8) is 0 Å². The van der Waals surface area contributed by atoms with Crippen molar-refractivity contribution in [1.29, 1.82) is 0 Å². The van der Waals surface area contributed by atoms with Crippen LogP contribution in [0.15, 0.2) is 41.0 Å². The number of nitrogens with one attached hydrogen (secondary N) is 3. The smallest absolute Gasteiger partial charge is 0.191 e. The molecule has 0 fully saturated rings. The standard InChI is InChI=1S/C21H30N4O/c1-3-22-21(23-10-6-17-8-12-26-13-9-17)24-11-7-18-15-25-20-14-16(2)4-5-19(18)20/h4-5,8,14-15,25H,3,6-7,9-13H2,1-2H3,(H2,22,23,24). The van der Waals surface area contributed by atoms with Crippen LogP contribution in [0.1, 0.15) is 30.9 Å². The van der Waals surface area contributed by atoms with E-state index in [-0.39, 0.29) is 0 Å². The molecule has 1 aromatic heterocycles. The lowest BCUT2D eigenvalue weighted by atomic mass is 10.1. The Kier molecular flexibility index (Phi) is 6.72. The minimum Gasteiger partial charge on any atom is -0.377 e. The number of guanidine groups is 1. The first-order valence-electron chi connectivity index (χ1n) is 9.60. The average Bonchev–Trinajstić information content (AvgIpc) is 3.04. The molecule has 0 bridgehead atoms. The molecule has 3 N–H and O–H groups in total. The molecule has 5 heteroatoms. The zero-order valence-electron chi connectivity index (χ0n) is 15.9. The monoisotopic (exact) mass is 354 g/mol. The van der Waals surface area contributed by atoms with E-state index in [2.05, 4.69) is 59.9 Å². The topological polar surface area (TPSA) is 61.4 Å². The Labute approximate surface area is 155 Å². The lowest BCUT2D eigenvalue weighted by Gasteiger charge is -2.15. The summed E-state index contributed by atoms with van der Waals surface area (Å²) in [5, 5.41) is 8.08. The minimum absolute atomic E-state index is 0.758. The van der Waals surface area contributed by atoms with Crippen LogP contribution in [0.25, 0.3) is 10.9 Å². The second-order valence-electron chi connectivity index (χ2n) is 6.74. The number of hydrogen-bond donors (Lipinski definition) is 3. The molecule has 0 saturated heterocycles. The van der Waals surface area contributed by atoms with Crippen molar-refractivity contribution in [3.8, 4) is 0 Å². The van der Waals surface area contributed by atoms with Gasteiger partial charge in [0.05, 0.1) is 13.2 Å². The van der Waals surface area contributed by atoms with Crippen LogP contribution in [0.3, 0.4) is 0 Å². The first kappa shape index (κ1) is 18.5. The number of rotatable bonds is 7. The summed E-state index contributed by atoms with van der Waals surface area (Å²) in [7, 11) is 0. The van der Waals surface area contributed by atoms with Crippen LogP contribution in [0.5, 0.6) is 0 Å². The molecule has 0 aliphatic carbocycles. The van der Waals surface area contributed by atoms with Gasteiger partial charge < -0.3 is 20.4 Å². The number of aliphatic imine (C=N–C) groups is 1. The van der Waals surface area contributed by atoms with Gasteiger partial charge in [0.1, 0.15) is 0 Å². The highest BCUT2D eigenvalue weighted by Crippen LogP contribution is 2.19. The Morgan fingerprint density at radius 2 is 2.19 bits per heavy atom. The Balaban J connectivity index is 1.52. The van der Waals surface area contributed by atoms with Gasteiger partial charge in [0.15, 0.2) is 5.96 Å². The number of hydrogen-bond acceptors (Lipinski definition) is 2. The number of aromatic nitrogens is 1. The van der Waals surface area contributed by atoms with E-state index in [0.717, 1.165) is 58.1 Å². The molecule has 140 valence electrons. The molecule has 0 unspecified atom stereocenters. The SMILES string of the molecule is CCNC(=NCCc1c[nH]c2cc(C)ccc12)NCCC1=CCOCC1. The number of benzene rings is 1. The molecule has 0 radical (unpaired) electrons. The van der Waals surface area contributed by atoms with Gasteiger partial charge in [0, 0.05) is 36.7 Å². The van der Waals surface area contributed by atoms with Gasteiger partial charge >= 0.3 is 0 Å². The summed E-state index contributed by atoms with van der Waals surface area (Å²) in [6.07, 6.45) is 7.35. The van der Waals surface area contributed by atoms with Crippen molar-refractivity contribution >= 4 is 16.9 Å². The molecule has 1 aromatic carbocycles. The highest BCUT2D eigenvalue weighted by Gasteiger charge is 2.05. The van der Waals surface area contributed by atoms with E-state index in [9.17, 15) is 0 Å². The predicted molar refractivity (Wildman–Crippen MR) is 109 cm³/mol. The van der Waals surface area contributed by atoms with Crippen LogP contribution in [-0.4, -0.2) is 43.8 Å². The van der Waals surface area contributed by atoms with E-state index in [0.29, 0.717) is 0 Å². The molecule has 0 spiro atoms. The van der Waals surface area contributed by atoms with Crippen LogP contribution in [0.4, 0.5) is 0 Å². The third-order valence-corrected chi connectivity index (χ3v) is 4.71. The highest BCUT2D eigenvalue weighted by atomic mass is 16.5. The fraction of sp³-hybridized carbons (Fsp3) is 0.476. The molecule has 26 heavy (non-hydrogen) atoms. The number of aromatic amines is 1. The Morgan fingerprint density at radius 1 is 1.27 bits per heavy atom. The lowest BCUT2D eigenvalue weighted by molar-refractivity contribution is 0.153. The van der Waals surface area contributed by atoms with Crippen LogP contribution in [0.2, 0.25) is 0 Å². The number of aryl methyl sites for hydroxylation is 1. The van der Waals surface area contributed by atoms with E-state index in [1.165, 1.54) is 27.6 Å². The van der Waals surface area contributed by atoms with Crippen molar-refractivity contribution in [1.82, 2.24) is 15.6 Å². The predicted octanol–water partition coefficient (Wildman–Crippen LogP) is 3.31. The number of ether oxygens (including phenoxy) is 1. The van der Waals surface area contributed by atoms with Crippen molar-refractivity contribution < 1.29 is 4.74 Å². The van der Waals surface area contributed by atoms with Gasteiger partial charge in [-0.05, 0) is 50.3 Å². The number of fused-ring (bicyclic) bond motifs is 1. The maximum atomic E-state index is 5.36. The molecule has 0 atom stereocenters. The summed E-state index contributed by atoms with van der Waals surface area (Å²) in [6, 6.07) is 6.56. The Morgan fingerprint density at radius 3 is 3.00 bits per heavy atom. The molecule has 0 saturated carbocycles. The van der Waals surface area contributed by atoms with E-state index in [1.807, 2.05) is 0 Å². The quantitative estimate of drug-likeness (QED) is 0.406. The summed E-state index contributed by atoms with van der Waals surface area (Å²) >= 11 is 0. The maximum absolute atomic E-state index is 5.36. The van der Waals surface area contributed by atoms with E-state index >= 15 is 0 Å². The fourth-order valence-corrected chi connectivity index (χ4v) is 3.27. The van der Waals surface area contributed by atoms with Crippen molar-refractivity contribution in [2.24, 2.45) is 4.99 Å².